The van der Waals surface area contributed by atoms with Crippen LogP contribution in [0.2, 0.25) is 5.02 Å². The fourth-order valence-electron chi connectivity index (χ4n) is 3.22. The van der Waals surface area contributed by atoms with E-state index < -0.39 is 28.5 Å². The zero-order chi connectivity index (χ0) is 23.6. The van der Waals surface area contributed by atoms with E-state index in [1.54, 1.807) is 17.4 Å². The van der Waals surface area contributed by atoms with E-state index in [0.29, 0.717) is 24.7 Å². The van der Waals surface area contributed by atoms with Crippen LogP contribution in [0, 0.1) is 6.92 Å². The summed E-state index contributed by atoms with van der Waals surface area (Å²) in [5, 5.41) is 10.5. The van der Waals surface area contributed by atoms with Crippen molar-refractivity contribution in [1.82, 2.24) is 18.9 Å². The van der Waals surface area contributed by atoms with E-state index in [-0.39, 0.29) is 34.3 Å². The molecule has 0 aliphatic carbocycles. The summed E-state index contributed by atoms with van der Waals surface area (Å²) in [5.41, 5.74) is 0.881. The molecule has 3 heterocycles. The summed E-state index contributed by atoms with van der Waals surface area (Å²) in [7, 11) is -3.77. The van der Waals surface area contributed by atoms with Crippen molar-refractivity contribution >= 4 is 44.8 Å². The number of pyridine rings is 1. The summed E-state index contributed by atoms with van der Waals surface area (Å²) in [6.45, 7) is 2.25. The highest BCUT2D eigenvalue weighted by atomic mass is 35.5. The lowest BCUT2D eigenvalue weighted by Gasteiger charge is -2.26. The molecule has 11 nitrogen and oxygen atoms in total. The number of aryl methyl sites for hydroxylation is 1. The van der Waals surface area contributed by atoms with Crippen LogP contribution in [0.5, 0.6) is 0 Å². The monoisotopic (exact) mass is 493 g/mol. The molecular formula is C20H20ClN5O6S. The Balaban J connectivity index is 1.42. The predicted octanol–water partition coefficient (Wildman–Crippen LogP) is 1.51. The van der Waals surface area contributed by atoms with Crippen molar-refractivity contribution in [1.29, 1.82) is 0 Å². The maximum absolute atomic E-state index is 12.8. The lowest BCUT2D eigenvalue weighted by atomic mass is 10.3. The van der Waals surface area contributed by atoms with Crippen LogP contribution in [0.4, 0.5) is 5.69 Å². The van der Waals surface area contributed by atoms with E-state index in [4.69, 9.17) is 21.1 Å². The van der Waals surface area contributed by atoms with Crippen molar-refractivity contribution in [2.75, 3.05) is 38.2 Å². The van der Waals surface area contributed by atoms with Crippen molar-refractivity contribution in [3.63, 3.8) is 0 Å². The minimum absolute atomic E-state index is 0.0151. The summed E-state index contributed by atoms with van der Waals surface area (Å²) in [6, 6.07) is 7.14. The number of halogens is 1. The molecule has 1 N–H and O–H groups in total. The first-order valence-corrected chi connectivity index (χ1v) is 11.7. The Kier molecular flexibility index (Phi) is 6.61. The van der Waals surface area contributed by atoms with Crippen LogP contribution in [-0.4, -0.2) is 72.1 Å². The number of amides is 1. The van der Waals surface area contributed by atoms with Crippen LogP contribution < -0.4 is 5.32 Å². The maximum Gasteiger partial charge on any atom is 0.340 e. The number of anilines is 1. The van der Waals surface area contributed by atoms with Gasteiger partial charge in [0.1, 0.15) is 5.82 Å². The van der Waals surface area contributed by atoms with Gasteiger partial charge in [-0.05, 0) is 37.3 Å². The highest BCUT2D eigenvalue weighted by molar-refractivity contribution is 7.89. The average molecular weight is 494 g/mol. The first kappa shape index (κ1) is 23.1. The Labute approximate surface area is 194 Å². The van der Waals surface area contributed by atoms with E-state index in [1.165, 1.54) is 34.8 Å². The van der Waals surface area contributed by atoms with Crippen LogP contribution in [0.1, 0.15) is 16.2 Å². The number of hydrogen-bond acceptors (Lipinski definition) is 8. The topological polar surface area (TPSA) is 132 Å². The second-order valence-corrected chi connectivity index (χ2v) is 9.52. The minimum Gasteiger partial charge on any atom is -0.452 e. The number of carbonyl (C=O) groups is 2. The van der Waals surface area contributed by atoms with Gasteiger partial charge in [-0.1, -0.05) is 11.6 Å². The van der Waals surface area contributed by atoms with E-state index in [0.717, 1.165) is 0 Å². The van der Waals surface area contributed by atoms with Crippen LogP contribution in [0.3, 0.4) is 0 Å². The molecule has 33 heavy (non-hydrogen) atoms. The van der Waals surface area contributed by atoms with Crippen LogP contribution in [0.25, 0.3) is 5.65 Å². The van der Waals surface area contributed by atoms with Crippen LogP contribution in [-0.2, 0) is 24.3 Å². The maximum atomic E-state index is 12.8. The number of nitrogens with one attached hydrogen (secondary N) is 1. The number of esters is 1. The largest absolute Gasteiger partial charge is 0.452 e. The lowest BCUT2D eigenvalue weighted by molar-refractivity contribution is -0.119. The van der Waals surface area contributed by atoms with Gasteiger partial charge in [0.25, 0.3) is 5.91 Å². The predicted molar refractivity (Wildman–Crippen MR) is 118 cm³/mol. The molecule has 1 fully saturated rings. The highest BCUT2D eigenvalue weighted by Crippen LogP contribution is 2.27. The van der Waals surface area contributed by atoms with Crippen molar-refractivity contribution in [2.45, 2.75) is 11.8 Å². The highest BCUT2D eigenvalue weighted by Gasteiger charge is 2.27. The molecule has 0 radical (unpaired) electrons. The molecule has 0 bridgehead atoms. The molecule has 174 valence electrons. The number of carbonyl (C=O) groups excluding carboxylic acids is 2. The van der Waals surface area contributed by atoms with Gasteiger partial charge in [0, 0.05) is 19.3 Å². The fraction of sp³-hybridized carbons (Fsp3) is 0.300. The molecule has 0 saturated carbocycles. The quantitative estimate of drug-likeness (QED) is 0.511. The van der Waals surface area contributed by atoms with E-state index in [2.05, 4.69) is 15.5 Å². The Morgan fingerprint density at radius 2 is 1.94 bits per heavy atom. The zero-order valence-corrected chi connectivity index (χ0v) is 19.1. The van der Waals surface area contributed by atoms with Gasteiger partial charge in [-0.25, -0.2) is 13.2 Å². The Bertz CT molecular complexity index is 1320. The second kappa shape index (κ2) is 9.43. The standard InChI is InChI=1S/C20H20ClN5O6S/c1-13-23-24-18-5-2-14(11-26(13)18)20(28)32-12-19(27)22-17-10-15(3-4-16(17)21)33(29,30)25-6-8-31-9-7-25/h2-5,10-11H,6-9,12H2,1H3,(H,22,27). The van der Waals surface area contributed by atoms with Gasteiger partial charge < -0.3 is 14.8 Å². The number of aromatic nitrogens is 3. The van der Waals surface area contributed by atoms with Crippen LogP contribution in [0.15, 0.2) is 41.4 Å². The van der Waals surface area contributed by atoms with Crippen LogP contribution >= 0.6 is 11.6 Å². The number of ether oxygens (including phenoxy) is 2. The molecule has 0 unspecified atom stereocenters. The van der Waals surface area contributed by atoms with Gasteiger partial charge in [0.2, 0.25) is 10.0 Å². The molecule has 1 aromatic carbocycles. The molecule has 0 atom stereocenters. The molecule has 1 aliphatic heterocycles. The molecule has 4 rings (SSSR count). The van der Waals surface area contributed by atoms with Gasteiger partial charge in [-0.15, -0.1) is 10.2 Å². The summed E-state index contributed by atoms with van der Waals surface area (Å²) in [4.78, 5) is 24.7. The first-order valence-electron chi connectivity index (χ1n) is 9.91. The number of morpholine rings is 1. The lowest BCUT2D eigenvalue weighted by Crippen LogP contribution is -2.40. The first-order chi connectivity index (χ1) is 15.8. The molecule has 1 amide bonds. The normalized spacial score (nSPS) is 14.8. The van der Waals surface area contributed by atoms with E-state index >= 15 is 0 Å². The molecular weight excluding hydrogens is 474 g/mol. The molecule has 1 aliphatic rings. The van der Waals surface area contributed by atoms with Crippen molar-refractivity contribution in [3.8, 4) is 0 Å². The molecule has 1 saturated heterocycles. The molecule has 3 aromatic rings. The number of benzene rings is 1. The van der Waals surface area contributed by atoms with Crippen molar-refractivity contribution in [3.05, 3.63) is 52.9 Å². The van der Waals surface area contributed by atoms with Gasteiger partial charge in [0.05, 0.1) is 34.4 Å². The molecule has 2 aromatic heterocycles. The van der Waals surface area contributed by atoms with Gasteiger partial charge in [0.15, 0.2) is 12.3 Å². The van der Waals surface area contributed by atoms with Crippen molar-refractivity contribution in [2.24, 2.45) is 0 Å². The van der Waals surface area contributed by atoms with Gasteiger partial charge in [-0.2, -0.15) is 4.31 Å². The third kappa shape index (κ3) is 4.98. The Morgan fingerprint density at radius 1 is 1.18 bits per heavy atom. The number of rotatable bonds is 6. The minimum atomic E-state index is -3.77. The number of sulfonamides is 1. The summed E-state index contributed by atoms with van der Waals surface area (Å²) >= 11 is 6.13. The summed E-state index contributed by atoms with van der Waals surface area (Å²) in [5.74, 6) is -0.790. The number of fused-ring (bicyclic) bond motifs is 1. The third-order valence-corrected chi connectivity index (χ3v) is 7.19. The molecule has 13 heteroatoms. The summed E-state index contributed by atoms with van der Waals surface area (Å²) < 4.78 is 38.9. The number of nitrogens with zero attached hydrogens (tertiary/aromatic N) is 4. The average Bonchev–Trinajstić information content (AvgIpc) is 3.19. The SMILES string of the molecule is Cc1nnc2ccc(C(=O)OCC(=O)Nc3cc(S(=O)(=O)N4CCOCC4)ccc3Cl)cn12. The van der Waals surface area contributed by atoms with E-state index in [1.807, 2.05) is 0 Å². The number of hydrogen-bond donors (Lipinski definition) is 1. The Morgan fingerprint density at radius 3 is 2.70 bits per heavy atom. The summed E-state index contributed by atoms with van der Waals surface area (Å²) in [6.07, 6.45) is 1.52. The molecule has 0 spiro atoms. The van der Waals surface area contributed by atoms with Gasteiger partial charge in [-0.3, -0.25) is 9.20 Å². The smallest absolute Gasteiger partial charge is 0.340 e. The van der Waals surface area contributed by atoms with Crippen molar-refractivity contribution < 1.29 is 27.5 Å². The van der Waals surface area contributed by atoms with E-state index in [9.17, 15) is 18.0 Å². The fourth-order valence-corrected chi connectivity index (χ4v) is 4.82. The zero-order valence-electron chi connectivity index (χ0n) is 17.5. The second-order valence-electron chi connectivity index (χ2n) is 7.18. The Hall–Kier alpha value is -3.06. The van der Waals surface area contributed by atoms with Gasteiger partial charge >= 0.3 is 5.97 Å². The third-order valence-electron chi connectivity index (χ3n) is 4.96.